The van der Waals surface area contributed by atoms with E-state index in [2.05, 4.69) is 10.3 Å². The summed E-state index contributed by atoms with van der Waals surface area (Å²) in [6.07, 6.45) is 6.48. The van der Waals surface area contributed by atoms with Gasteiger partial charge in [0.2, 0.25) is 11.8 Å². The van der Waals surface area contributed by atoms with Gasteiger partial charge in [-0.1, -0.05) is 12.1 Å². The van der Waals surface area contributed by atoms with E-state index in [-0.39, 0.29) is 11.8 Å². The maximum atomic E-state index is 11.9. The highest BCUT2D eigenvalue weighted by Crippen LogP contribution is 2.18. The lowest BCUT2D eigenvalue weighted by atomic mass is 10.2. The molecule has 0 spiro atoms. The number of hydrogen-bond acceptors (Lipinski definition) is 3. The maximum absolute atomic E-state index is 11.9. The third kappa shape index (κ3) is 4.28. The molecular formula is C17H17N3O2. The number of rotatable bonds is 4. The third-order valence-electron chi connectivity index (χ3n) is 3.08. The summed E-state index contributed by atoms with van der Waals surface area (Å²) in [4.78, 5) is 28.7. The number of carbonyl (C=O) groups is 2. The number of carbonyl (C=O) groups excluding carboxylic acids is 2. The Morgan fingerprint density at radius 3 is 2.73 bits per heavy atom. The summed E-state index contributed by atoms with van der Waals surface area (Å²) in [7, 11) is 1.69. The van der Waals surface area contributed by atoms with Crippen molar-refractivity contribution < 1.29 is 9.59 Å². The number of nitrogens with zero attached hydrogens (tertiary/aromatic N) is 2. The first-order chi connectivity index (χ1) is 10.6. The quantitative estimate of drug-likeness (QED) is 0.882. The van der Waals surface area contributed by atoms with Gasteiger partial charge in [0.15, 0.2) is 0 Å². The minimum atomic E-state index is -0.244. The minimum Gasteiger partial charge on any atom is -0.322 e. The van der Waals surface area contributed by atoms with Gasteiger partial charge in [-0.15, -0.1) is 0 Å². The minimum absolute atomic E-state index is 0.0695. The molecule has 0 unspecified atom stereocenters. The van der Waals surface area contributed by atoms with E-state index in [1.54, 1.807) is 49.8 Å². The van der Waals surface area contributed by atoms with Gasteiger partial charge in [-0.3, -0.25) is 14.6 Å². The molecule has 0 radical (unpaired) electrons. The zero-order chi connectivity index (χ0) is 15.9. The van der Waals surface area contributed by atoms with Crippen LogP contribution in [0.4, 0.5) is 11.4 Å². The molecule has 0 aliphatic rings. The predicted molar refractivity (Wildman–Crippen MR) is 87.4 cm³/mol. The fourth-order valence-electron chi connectivity index (χ4n) is 1.80. The zero-order valence-corrected chi connectivity index (χ0v) is 12.5. The Kier molecular flexibility index (Phi) is 5.03. The van der Waals surface area contributed by atoms with E-state index < -0.39 is 0 Å². The van der Waals surface area contributed by atoms with Crippen LogP contribution < -0.4 is 10.2 Å². The van der Waals surface area contributed by atoms with Gasteiger partial charge < -0.3 is 10.2 Å². The molecule has 0 aliphatic heterocycles. The van der Waals surface area contributed by atoms with Gasteiger partial charge in [0.05, 0.1) is 0 Å². The zero-order valence-electron chi connectivity index (χ0n) is 12.5. The molecule has 5 heteroatoms. The van der Waals surface area contributed by atoms with Crippen molar-refractivity contribution in [3.63, 3.8) is 0 Å². The Labute approximate surface area is 129 Å². The molecule has 1 heterocycles. The van der Waals surface area contributed by atoms with Crippen molar-refractivity contribution in [3.05, 3.63) is 60.4 Å². The van der Waals surface area contributed by atoms with E-state index in [4.69, 9.17) is 0 Å². The number of aromatic nitrogens is 1. The SMILES string of the molecule is CC(=O)N(C)c1cccc(NC(=O)/C=C\c2cccnc2)c1. The van der Waals surface area contributed by atoms with Crippen LogP contribution in [0.3, 0.4) is 0 Å². The van der Waals surface area contributed by atoms with Crippen molar-refractivity contribution in [1.29, 1.82) is 0 Å². The molecule has 0 saturated heterocycles. The number of hydrogen-bond donors (Lipinski definition) is 1. The molecule has 1 aromatic heterocycles. The topological polar surface area (TPSA) is 62.3 Å². The number of benzene rings is 1. The maximum Gasteiger partial charge on any atom is 0.248 e. The van der Waals surface area contributed by atoms with Crippen LogP contribution in [0.25, 0.3) is 6.08 Å². The van der Waals surface area contributed by atoms with E-state index in [0.29, 0.717) is 5.69 Å². The van der Waals surface area contributed by atoms with Crippen LogP contribution in [0.15, 0.2) is 54.9 Å². The average molecular weight is 295 g/mol. The molecule has 2 aromatic rings. The Bertz CT molecular complexity index is 696. The highest BCUT2D eigenvalue weighted by atomic mass is 16.2. The molecule has 2 rings (SSSR count). The lowest BCUT2D eigenvalue weighted by Crippen LogP contribution is -2.22. The summed E-state index contributed by atoms with van der Waals surface area (Å²) in [5, 5.41) is 2.76. The average Bonchev–Trinajstić information content (AvgIpc) is 2.53. The van der Waals surface area contributed by atoms with E-state index in [1.807, 2.05) is 12.1 Å². The van der Waals surface area contributed by atoms with Crippen molar-refractivity contribution in [1.82, 2.24) is 4.98 Å². The lowest BCUT2D eigenvalue weighted by Gasteiger charge is -2.15. The highest BCUT2D eigenvalue weighted by Gasteiger charge is 2.06. The Morgan fingerprint density at radius 1 is 1.23 bits per heavy atom. The van der Waals surface area contributed by atoms with Crippen LogP contribution in [0.2, 0.25) is 0 Å². The summed E-state index contributed by atoms with van der Waals surface area (Å²) in [5.74, 6) is -0.313. The lowest BCUT2D eigenvalue weighted by molar-refractivity contribution is -0.116. The van der Waals surface area contributed by atoms with Gasteiger partial charge in [-0.2, -0.15) is 0 Å². The van der Waals surface area contributed by atoms with Crippen LogP contribution in [-0.2, 0) is 9.59 Å². The second-order valence-electron chi connectivity index (χ2n) is 4.74. The summed E-state index contributed by atoms with van der Waals surface area (Å²) in [6, 6.07) is 10.8. The van der Waals surface area contributed by atoms with Gasteiger partial charge in [0.25, 0.3) is 0 Å². The summed E-state index contributed by atoms with van der Waals surface area (Å²) in [6.45, 7) is 1.49. The van der Waals surface area contributed by atoms with E-state index in [9.17, 15) is 9.59 Å². The Morgan fingerprint density at radius 2 is 2.05 bits per heavy atom. The molecule has 0 fully saturated rings. The van der Waals surface area contributed by atoms with Crippen LogP contribution in [0, 0.1) is 0 Å². The van der Waals surface area contributed by atoms with Crippen molar-refractivity contribution in [2.24, 2.45) is 0 Å². The summed E-state index contributed by atoms with van der Waals surface area (Å²) >= 11 is 0. The van der Waals surface area contributed by atoms with Gasteiger partial charge >= 0.3 is 0 Å². The van der Waals surface area contributed by atoms with Crippen molar-refractivity contribution in [2.75, 3.05) is 17.3 Å². The summed E-state index contributed by atoms with van der Waals surface area (Å²) in [5.41, 5.74) is 2.20. The first-order valence-corrected chi connectivity index (χ1v) is 6.80. The summed E-state index contributed by atoms with van der Waals surface area (Å²) < 4.78 is 0. The number of anilines is 2. The fourth-order valence-corrected chi connectivity index (χ4v) is 1.80. The Hall–Kier alpha value is -2.95. The van der Waals surface area contributed by atoms with E-state index in [0.717, 1.165) is 11.3 Å². The number of amides is 2. The molecule has 112 valence electrons. The molecule has 22 heavy (non-hydrogen) atoms. The van der Waals surface area contributed by atoms with Crippen LogP contribution in [0.5, 0.6) is 0 Å². The van der Waals surface area contributed by atoms with Crippen LogP contribution >= 0.6 is 0 Å². The first-order valence-electron chi connectivity index (χ1n) is 6.80. The molecule has 5 nitrogen and oxygen atoms in total. The number of nitrogens with one attached hydrogen (secondary N) is 1. The van der Waals surface area contributed by atoms with Gasteiger partial charge in [0, 0.05) is 43.8 Å². The molecular weight excluding hydrogens is 278 g/mol. The van der Waals surface area contributed by atoms with Gasteiger partial charge in [0.1, 0.15) is 0 Å². The highest BCUT2D eigenvalue weighted by molar-refractivity contribution is 6.02. The molecule has 0 aliphatic carbocycles. The van der Waals surface area contributed by atoms with Crippen LogP contribution in [0.1, 0.15) is 12.5 Å². The predicted octanol–water partition coefficient (Wildman–Crippen LogP) is 2.72. The standard InChI is InChI=1S/C17H17N3O2/c1-13(21)20(2)16-7-3-6-15(11-16)19-17(22)9-8-14-5-4-10-18-12-14/h3-12H,1-2H3,(H,19,22)/b9-8-. The Balaban J connectivity index is 2.04. The second-order valence-corrected chi connectivity index (χ2v) is 4.74. The molecule has 0 saturated carbocycles. The van der Waals surface area contributed by atoms with Crippen molar-refractivity contribution >= 4 is 29.3 Å². The molecule has 0 bridgehead atoms. The van der Waals surface area contributed by atoms with Gasteiger partial charge in [-0.05, 0) is 35.9 Å². The molecule has 1 aromatic carbocycles. The monoisotopic (exact) mass is 295 g/mol. The van der Waals surface area contributed by atoms with Crippen molar-refractivity contribution in [3.8, 4) is 0 Å². The fraction of sp³-hybridized carbons (Fsp3) is 0.118. The molecule has 0 atom stereocenters. The van der Waals surface area contributed by atoms with Crippen molar-refractivity contribution in [2.45, 2.75) is 6.92 Å². The van der Waals surface area contributed by atoms with E-state index >= 15 is 0 Å². The van der Waals surface area contributed by atoms with Gasteiger partial charge in [-0.25, -0.2) is 0 Å². The largest absolute Gasteiger partial charge is 0.322 e. The number of pyridine rings is 1. The third-order valence-corrected chi connectivity index (χ3v) is 3.08. The molecule has 1 N–H and O–H groups in total. The van der Waals surface area contributed by atoms with Crippen LogP contribution in [-0.4, -0.2) is 23.8 Å². The second kappa shape index (κ2) is 7.17. The smallest absolute Gasteiger partial charge is 0.248 e. The normalized spacial score (nSPS) is 10.5. The molecule has 2 amide bonds. The van der Waals surface area contributed by atoms with E-state index in [1.165, 1.54) is 17.9 Å². The first kappa shape index (κ1) is 15.4.